The Morgan fingerprint density at radius 3 is 2.55 bits per heavy atom. The third-order valence-corrected chi connectivity index (χ3v) is 2.75. The van der Waals surface area contributed by atoms with Gasteiger partial charge in [-0.2, -0.15) is 0 Å². The molecule has 0 heteroatoms. The van der Waals surface area contributed by atoms with Gasteiger partial charge in [-0.3, -0.25) is 0 Å². The molecule has 0 aromatic heterocycles. The highest BCUT2D eigenvalue weighted by Gasteiger charge is 2.05. The second kappa shape index (κ2) is 4.58. The predicted molar refractivity (Wildman–Crippen MR) is 50.6 cm³/mol. The molecule has 1 atom stereocenters. The van der Waals surface area contributed by atoms with E-state index in [1.54, 1.807) is 5.57 Å². The number of allylic oxidation sites excluding steroid dienone is 2. The Hall–Kier alpha value is -0.260. The van der Waals surface area contributed by atoms with Gasteiger partial charge in [-0.1, -0.05) is 31.9 Å². The zero-order valence-corrected chi connectivity index (χ0v) is 7.90. The van der Waals surface area contributed by atoms with E-state index in [0.29, 0.717) is 0 Å². The van der Waals surface area contributed by atoms with Crippen LogP contribution in [0.5, 0.6) is 0 Å². The summed E-state index contributed by atoms with van der Waals surface area (Å²) in [7, 11) is 0. The van der Waals surface area contributed by atoms with Crippen LogP contribution in [-0.2, 0) is 0 Å². The summed E-state index contributed by atoms with van der Waals surface area (Å²) in [4.78, 5) is 0. The van der Waals surface area contributed by atoms with Crippen molar-refractivity contribution in [3.05, 3.63) is 11.6 Å². The summed E-state index contributed by atoms with van der Waals surface area (Å²) in [6.45, 7) is 4.61. The maximum atomic E-state index is 2.49. The first-order chi connectivity index (χ1) is 5.33. The van der Waals surface area contributed by atoms with Gasteiger partial charge in [-0.25, -0.2) is 0 Å². The summed E-state index contributed by atoms with van der Waals surface area (Å²) >= 11 is 0. The Kier molecular flexibility index (Phi) is 3.68. The summed E-state index contributed by atoms with van der Waals surface area (Å²) < 4.78 is 0. The lowest BCUT2D eigenvalue weighted by Crippen LogP contribution is -1.88. The molecule has 0 N–H and O–H groups in total. The zero-order valence-electron chi connectivity index (χ0n) is 7.90. The van der Waals surface area contributed by atoms with Gasteiger partial charge in [-0.15, -0.1) is 0 Å². The van der Waals surface area contributed by atoms with Crippen molar-refractivity contribution in [2.45, 2.75) is 52.4 Å². The molecular weight excluding hydrogens is 132 g/mol. The van der Waals surface area contributed by atoms with Crippen molar-refractivity contribution in [2.75, 3.05) is 0 Å². The molecule has 0 spiro atoms. The molecule has 0 amide bonds. The molecule has 0 radical (unpaired) electrons. The SMILES string of the molecule is CCC(C)CC=C1CCCC1. The van der Waals surface area contributed by atoms with Gasteiger partial charge in [0.1, 0.15) is 0 Å². The lowest BCUT2D eigenvalue weighted by atomic mass is 10.0. The highest BCUT2D eigenvalue weighted by Crippen LogP contribution is 2.25. The maximum Gasteiger partial charge on any atom is -0.0320 e. The van der Waals surface area contributed by atoms with Gasteiger partial charge in [0.25, 0.3) is 0 Å². The highest BCUT2D eigenvalue weighted by atomic mass is 14.1. The average molecular weight is 152 g/mol. The summed E-state index contributed by atoms with van der Waals surface area (Å²) in [5.41, 5.74) is 1.73. The molecule has 1 fully saturated rings. The van der Waals surface area contributed by atoms with Gasteiger partial charge < -0.3 is 0 Å². The van der Waals surface area contributed by atoms with E-state index in [9.17, 15) is 0 Å². The van der Waals surface area contributed by atoms with Crippen LogP contribution in [0.1, 0.15) is 52.4 Å². The summed E-state index contributed by atoms with van der Waals surface area (Å²) in [6.07, 6.45) is 10.8. The van der Waals surface area contributed by atoms with Gasteiger partial charge in [0, 0.05) is 0 Å². The third kappa shape index (κ3) is 3.09. The average Bonchev–Trinajstić information content (AvgIpc) is 2.52. The van der Waals surface area contributed by atoms with Crippen LogP contribution in [0.4, 0.5) is 0 Å². The van der Waals surface area contributed by atoms with Crippen LogP contribution >= 0.6 is 0 Å². The topological polar surface area (TPSA) is 0 Å². The second-order valence-electron chi connectivity index (χ2n) is 3.82. The Morgan fingerprint density at radius 1 is 1.36 bits per heavy atom. The van der Waals surface area contributed by atoms with Crippen LogP contribution in [-0.4, -0.2) is 0 Å². The molecule has 0 aliphatic heterocycles. The Labute approximate surface area is 70.7 Å². The minimum atomic E-state index is 0.892. The first-order valence-corrected chi connectivity index (χ1v) is 5.00. The molecule has 11 heavy (non-hydrogen) atoms. The van der Waals surface area contributed by atoms with Gasteiger partial charge in [0.2, 0.25) is 0 Å². The van der Waals surface area contributed by atoms with Crippen LogP contribution in [0, 0.1) is 5.92 Å². The number of hydrogen-bond acceptors (Lipinski definition) is 0. The normalized spacial score (nSPS) is 20.4. The minimum absolute atomic E-state index is 0.892. The van der Waals surface area contributed by atoms with E-state index in [1.165, 1.54) is 38.5 Å². The van der Waals surface area contributed by atoms with Crippen molar-refractivity contribution in [3.8, 4) is 0 Å². The fourth-order valence-corrected chi connectivity index (χ4v) is 1.57. The van der Waals surface area contributed by atoms with Gasteiger partial charge in [0.15, 0.2) is 0 Å². The summed E-state index contributed by atoms with van der Waals surface area (Å²) in [5.74, 6) is 0.892. The molecule has 1 aliphatic rings. The smallest absolute Gasteiger partial charge is 0.0320 e. The fourth-order valence-electron chi connectivity index (χ4n) is 1.57. The van der Waals surface area contributed by atoms with Crippen LogP contribution in [0.3, 0.4) is 0 Å². The molecule has 0 aromatic carbocycles. The first kappa shape index (κ1) is 8.83. The van der Waals surface area contributed by atoms with E-state index in [2.05, 4.69) is 19.9 Å². The second-order valence-corrected chi connectivity index (χ2v) is 3.82. The molecule has 64 valence electrons. The number of rotatable bonds is 3. The van der Waals surface area contributed by atoms with E-state index in [4.69, 9.17) is 0 Å². The van der Waals surface area contributed by atoms with Crippen LogP contribution in [0.25, 0.3) is 0 Å². The van der Waals surface area contributed by atoms with E-state index < -0.39 is 0 Å². The largest absolute Gasteiger partial charge is 0.0851 e. The molecule has 1 rings (SSSR count). The number of hydrogen-bond donors (Lipinski definition) is 0. The zero-order chi connectivity index (χ0) is 8.10. The summed E-state index contributed by atoms with van der Waals surface area (Å²) in [6, 6.07) is 0. The van der Waals surface area contributed by atoms with E-state index in [1.807, 2.05) is 0 Å². The maximum absolute atomic E-state index is 2.49. The lowest BCUT2D eigenvalue weighted by Gasteiger charge is -2.04. The van der Waals surface area contributed by atoms with Crippen LogP contribution < -0.4 is 0 Å². The molecule has 0 nitrogen and oxygen atoms in total. The van der Waals surface area contributed by atoms with Crippen molar-refractivity contribution >= 4 is 0 Å². The van der Waals surface area contributed by atoms with Crippen molar-refractivity contribution in [2.24, 2.45) is 5.92 Å². The van der Waals surface area contributed by atoms with E-state index in [0.717, 1.165) is 5.92 Å². The van der Waals surface area contributed by atoms with E-state index in [-0.39, 0.29) is 0 Å². The predicted octanol–water partition coefficient (Wildman–Crippen LogP) is 3.92. The molecular formula is C11H20. The molecule has 0 bridgehead atoms. The molecule has 0 aromatic rings. The van der Waals surface area contributed by atoms with Gasteiger partial charge in [0.05, 0.1) is 0 Å². The van der Waals surface area contributed by atoms with Crippen molar-refractivity contribution < 1.29 is 0 Å². The van der Waals surface area contributed by atoms with E-state index >= 15 is 0 Å². The van der Waals surface area contributed by atoms with Crippen molar-refractivity contribution in [3.63, 3.8) is 0 Å². The van der Waals surface area contributed by atoms with Crippen molar-refractivity contribution in [1.82, 2.24) is 0 Å². The monoisotopic (exact) mass is 152 g/mol. The minimum Gasteiger partial charge on any atom is -0.0851 e. The van der Waals surface area contributed by atoms with Crippen LogP contribution in [0.2, 0.25) is 0 Å². The Morgan fingerprint density at radius 2 is 2.00 bits per heavy atom. The molecule has 1 unspecified atom stereocenters. The summed E-state index contributed by atoms with van der Waals surface area (Å²) in [5, 5.41) is 0. The molecule has 1 saturated carbocycles. The highest BCUT2D eigenvalue weighted by molar-refractivity contribution is 5.05. The third-order valence-electron chi connectivity index (χ3n) is 2.75. The lowest BCUT2D eigenvalue weighted by molar-refractivity contribution is 0.569. The van der Waals surface area contributed by atoms with Gasteiger partial charge in [-0.05, 0) is 38.0 Å². The standard InChI is InChI=1S/C11H20/c1-3-10(2)8-9-11-6-4-5-7-11/h9-10H,3-8H2,1-2H3. The molecule has 1 aliphatic carbocycles. The molecule has 0 heterocycles. The van der Waals surface area contributed by atoms with Crippen LogP contribution in [0.15, 0.2) is 11.6 Å². The first-order valence-electron chi connectivity index (χ1n) is 5.00. The Bertz CT molecular complexity index is 125. The quantitative estimate of drug-likeness (QED) is 0.538. The Balaban J connectivity index is 2.22. The van der Waals surface area contributed by atoms with Gasteiger partial charge >= 0.3 is 0 Å². The van der Waals surface area contributed by atoms with Crippen molar-refractivity contribution in [1.29, 1.82) is 0 Å². The molecule has 0 saturated heterocycles. The fraction of sp³-hybridized carbons (Fsp3) is 0.818.